The average Bonchev–Trinajstić information content (AvgIpc) is 2.68. The average molecular weight is 378 g/mol. The molecule has 2 fully saturated rings. The molecule has 1 aliphatic heterocycles. The Morgan fingerprint density at radius 3 is 2.43 bits per heavy atom. The number of benzene rings is 2. The van der Waals surface area contributed by atoms with Gasteiger partial charge in [-0.1, -0.05) is 24.3 Å². The Kier molecular flexibility index (Phi) is 5.33. The molecule has 5 nitrogen and oxygen atoms in total. The lowest BCUT2D eigenvalue weighted by atomic mass is 9.71. The number of nitrogens with zero attached hydrogens (tertiary/aromatic N) is 1. The lowest BCUT2D eigenvalue weighted by Crippen LogP contribution is -2.37. The van der Waals surface area contributed by atoms with Crippen LogP contribution in [0, 0.1) is 5.92 Å². The van der Waals surface area contributed by atoms with Gasteiger partial charge >= 0.3 is 0 Å². The Morgan fingerprint density at radius 2 is 1.75 bits per heavy atom. The molecule has 2 aliphatic rings. The highest BCUT2D eigenvalue weighted by Crippen LogP contribution is 2.42. The molecule has 28 heavy (non-hydrogen) atoms. The van der Waals surface area contributed by atoms with Crippen LogP contribution >= 0.6 is 0 Å². The summed E-state index contributed by atoms with van der Waals surface area (Å²) in [6.07, 6.45) is 4.37. The Morgan fingerprint density at radius 1 is 1.04 bits per heavy atom. The molecule has 0 unspecified atom stereocenters. The van der Waals surface area contributed by atoms with Crippen LogP contribution in [0.25, 0.3) is 0 Å². The van der Waals surface area contributed by atoms with Gasteiger partial charge in [-0.15, -0.1) is 0 Å². The van der Waals surface area contributed by atoms with Crippen molar-refractivity contribution in [3.8, 4) is 5.75 Å². The zero-order valence-electron chi connectivity index (χ0n) is 15.9. The zero-order chi connectivity index (χ0) is 19.5. The van der Waals surface area contributed by atoms with Crippen LogP contribution in [-0.4, -0.2) is 23.5 Å². The summed E-state index contributed by atoms with van der Waals surface area (Å²) in [5.74, 6) is 1.03. The second kappa shape index (κ2) is 8.05. The Bertz CT molecular complexity index is 839. The van der Waals surface area contributed by atoms with E-state index >= 15 is 0 Å². The number of amides is 2. The fraction of sp³-hybridized carbons (Fsp3) is 0.391. The standard InChI is InChI=1S/C23H26N2O3/c26-21-10-6-17(7-11-21)18-13-19(14-18)23(28)24-15-16-4-8-20(9-5-16)25-12-2-1-3-22(25)27/h4-11,18-19,26H,1-3,12-15H2,(H,24,28). The quantitative estimate of drug-likeness (QED) is 0.833. The molecule has 0 radical (unpaired) electrons. The number of aromatic hydroxyl groups is 1. The molecule has 2 amide bonds. The van der Waals surface area contributed by atoms with Crippen LogP contribution in [0.2, 0.25) is 0 Å². The predicted molar refractivity (Wildman–Crippen MR) is 108 cm³/mol. The number of phenolic OH excluding ortho intramolecular Hbond substituents is 1. The molecule has 0 atom stereocenters. The topological polar surface area (TPSA) is 69.6 Å². The Hall–Kier alpha value is -2.82. The molecule has 2 N–H and O–H groups in total. The maximum atomic E-state index is 12.4. The number of hydrogen-bond acceptors (Lipinski definition) is 3. The summed E-state index contributed by atoms with van der Waals surface area (Å²) < 4.78 is 0. The summed E-state index contributed by atoms with van der Waals surface area (Å²) in [5, 5.41) is 12.4. The summed E-state index contributed by atoms with van der Waals surface area (Å²) in [5.41, 5.74) is 3.16. The minimum absolute atomic E-state index is 0.0593. The highest BCUT2D eigenvalue weighted by Gasteiger charge is 2.35. The number of hydrogen-bond donors (Lipinski definition) is 2. The minimum atomic E-state index is 0.0593. The lowest BCUT2D eigenvalue weighted by molar-refractivity contribution is -0.128. The molecular weight excluding hydrogens is 352 g/mol. The Balaban J connectivity index is 1.25. The number of carbonyl (C=O) groups excluding carboxylic acids is 2. The lowest BCUT2D eigenvalue weighted by Gasteiger charge is -2.34. The van der Waals surface area contributed by atoms with Gasteiger partial charge in [0.15, 0.2) is 0 Å². The third-order valence-corrected chi connectivity index (χ3v) is 5.91. The van der Waals surface area contributed by atoms with Crippen LogP contribution in [0.4, 0.5) is 5.69 Å². The molecule has 1 aliphatic carbocycles. The van der Waals surface area contributed by atoms with E-state index in [2.05, 4.69) is 5.32 Å². The van der Waals surface area contributed by atoms with Gasteiger partial charge in [0.05, 0.1) is 0 Å². The molecule has 146 valence electrons. The van der Waals surface area contributed by atoms with Crippen LogP contribution < -0.4 is 10.2 Å². The molecule has 1 saturated carbocycles. The molecule has 2 aromatic carbocycles. The first-order valence-electron chi connectivity index (χ1n) is 10.1. The molecule has 2 aromatic rings. The van der Waals surface area contributed by atoms with Gasteiger partial charge in [0.1, 0.15) is 5.75 Å². The molecular formula is C23H26N2O3. The highest BCUT2D eigenvalue weighted by molar-refractivity contribution is 5.93. The fourth-order valence-corrected chi connectivity index (χ4v) is 4.06. The van der Waals surface area contributed by atoms with Gasteiger partial charge in [-0.05, 0) is 67.0 Å². The van der Waals surface area contributed by atoms with Gasteiger partial charge in [-0.25, -0.2) is 0 Å². The summed E-state index contributed by atoms with van der Waals surface area (Å²) in [6, 6.07) is 15.2. The molecule has 0 aromatic heterocycles. The van der Waals surface area contributed by atoms with Gasteiger partial charge in [-0.3, -0.25) is 9.59 Å². The smallest absolute Gasteiger partial charge is 0.226 e. The van der Waals surface area contributed by atoms with Crippen molar-refractivity contribution in [2.24, 2.45) is 5.92 Å². The molecule has 1 saturated heterocycles. The normalized spacial score (nSPS) is 21.9. The number of carbonyl (C=O) groups is 2. The van der Waals surface area contributed by atoms with Crippen LogP contribution in [0.15, 0.2) is 48.5 Å². The molecule has 0 bridgehead atoms. The fourth-order valence-electron chi connectivity index (χ4n) is 4.06. The van der Waals surface area contributed by atoms with Crippen LogP contribution in [-0.2, 0) is 16.1 Å². The maximum absolute atomic E-state index is 12.4. The van der Waals surface area contributed by atoms with Crippen molar-refractivity contribution in [3.05, 3.63) is 59.7 Å². The zero-order valence-corrected chi connectivity index (χ0v) is 15.9. The summed E-state index contributed by atoms with van der Waals surface area (Å²) in [4.78, 5) is 26.2. The van der Waals surface area contributed by atoms with Gasteiger partial charge in [0.2, 0.25) is 11.8 Å². The Labute approximate surface area is 165 Å². The monoisotopic (exact) mass is 378 g/mol. The van der Waals surface area contributed by atoms with E-state index in [4.69, 9.17) is 0 Å². The summed E-state index contributed by atoms with van der Waals surface area (Å²) in [7, 11) is 0. The van der Waals surface area contributed by atoms with Crippen molar-refractivity contribution >= 4 is 17.5 Å². The summed E-state index contributed by atoms with van der Waals surface area (Å²) >= 11 is 0. The van der Waals surface area contributed by atoms with E-state index in [1.807, 2.05) is 41.3 Å². The second-order valence-electron chi connectivity index (χ2n) is 7.84. The van der Waals surface area contributed by atoms with Crippen molar-refractivity contribution in [1.82, 2.24) is 5.32 Å². The maximum Gasteiger partial charge on any atom is 0.226 e. The predicted octanol–water partition coefficient (Wildman–Crippen LogP) is 3.72. The van der Waals surface area contributed by atoms with Crippen LogP contribution in [0.3, 0.4) is 0 Å². The van der Waals surface area contributed by atoms with Crippen LogP contribution in [0.1, 0.15) is 49.1 Å². The largest absolute Gasteiger partial charge is 0.508 e. The van der Waals surface area contributed by atoms with E-state index in [0.29, 0.717) is 18.9 Å². The molecule has 5 heteroatoms. The van der Waals surface area contributed by atoms with Crippen molar-refractivity contribution in [2.75, 3.05) is 11.4 Å². The van der Waals surface area contributed by atoms with Gasteiger partial charge in [0.25, 0.3) is 0 Å². The number of anilines is 1. The number of rotatable bonds is 5. The van der Waals surface area contributed by atoms with Crippen LogP contribution in [0.5, 0.6) is 5.75 Å². The van der Waals surface area contributed by atoms with E-state index in [1.165, 1.54) is 5.56 Å². The van der Waals surface area contributed by atoms with Gasteiger partial charge in [0, 0.05) is 31.1 Å². The summed E-state index contributed by atoms with van der Waals surface area (Å²) in [6.45, 7) is 1.30. The number of piperidine rings is 1. The van der Waals surface area contributed by atoms with Gasteiger partial charge in [-0.2, -0.15) is 0 Å². The molecule has 0 spiro atoms. The first-order chi connectivity index (χ1) is 13.6. The van der Waals surface area contributed by atoms with Crippen molar-refractivity contribution in [2.45, 2.75) is 44.6 Å². The van der Waals surface area contributed by atoms with E-state index < -0.39 is 0 Å². The van der Waals surface area contributed by atoms with E-state index in [1.54, 1.807) is 12.1 Å². The molecule has 4 rings (SSSR count). The minimum Gasteiger partial charge on any atom is -0.508 e. The van der Waals surface area contributed by atoms with E-state index in [-0.39, 0.29) is 23.5 Å². The first kappa shape index (κ1) is 18.5. The molecule has 1 heterocycles. The van der Waals surface area contributed by atoms with Gasteiger partial charge < -0.3 is 15.3 Å². The third kappa shape index (κ3) is 4.03. The first-order valence-corrected chi connectivity index (χ1v) is 10.1. The van der Waals surface area contributed by atoms with E-state index in [9.17, 15) is 14.7 Å². The van der Waals surface area contributed by atoms with Crippen molar-refractivity contribution in [1.29, 1.82) is 0 Å². The number of nitrogens with one attached hydrogen (secondary N) is 1. The second-order valence-corrected chi connectivity index (χ2v) is 7.84. The third-order valence-electron chi connectivity index (χ3n) is 5.91. The SMILES string of the molecule is O=C(NCc1ccc(N2CCCCC2=O)cc1)C1CC(c2ccc(O)cc2)C1. The van der Waals surface area contributed by atoms with E-state index in [0.717, 1.165) is 43.5 Å². The highest BCUT2D eigenvalue weighted by atomic mass is 16.3. The number of phenols is 1. The van der Waals surface area contributed by atoms with Crippen molar-refractivity contribution in [3.63, 3.8) is 0 Å². The van der Waals surface area contributed by atoms with Crippen molar-refractivity contribution < 1.29 is 14.7 Å².